The van der Waals surface area contributed by atoms with Gasteiger partial charge in [0, 0.05) is 5.56 Å². The molecule has 0 saturated carbocycles. The molecule has 0 aromatic heterocycles. The number of benzene rings is 1. The van der Waals surface area contributed by atoms with Gasteiger partial charge in [-0.15, -0.1) is 0 Å². The highest BCUT2D eigenvalue weighted by molar-refractivity contribution is 5.96. The van der Waals surface area contributed by atoms with Gasteiger partial charge in [-0.25, -0.2) is 8.78 Å². The van der Waals surface area contributed by atoms with Gasteiger partial charge in [-0.3, -0.25) is 4.79 Å². The number of carbonyl (C=O) groups is 1. The lowest BCUT2D eigenvalue weighted by Gasteiger charge is -2.12. The molecule has 3 nitrogen and oxygen atoms in total. The van der Waals surface area contributed by atoms with Crippen molar-refractivity contribution in [3.63, 3.8) is 0 Å². The van der Waals surface area contributed by atoms with Gasteiger partial charge >= 0.3 is 0 Å². The predicted octanol–water partition coefficient (Wildman–Crippen LogP) is 1.81. The summed E-state index contributed by atoms with van der Waals surface area (Å²) in [5.41, 5.74) is -1.40. The van der Waals surface area contributed by atoms with Crippen molar-refractivity contribution in [1.82, 2.24) is 0 Å². The topological polar surface area (TPSA) is 46.5 Å². The molecule has 0 fully saturated rings. The molecule has 1 N–H and O–H groups in total. The summed E-state index contributed by atoms with van der Waals surface area (Å²) in [7, 11) is 0.948. The van der Waals surface area contributed by atoms with Gasteiger partial charge in [0.15, 0.2) is 23.2 Å². The Balaban J connectivity index is 3.71. The van der Waals surface area contributed by atoms with Gasteiger partial charge in [0.05, 0.1) is 19.3 Å². The predicted molar refractivity (Wildman–Crippen MR) is 48.8 cm³/mol. The maximum absolute atomic E-state index is 13.5. The molecule has 16 heavy (non-hydrogen) atoms. The molecule has 6 heteroatoms. The number of carbonyl (C=O) groups excluding carboxylic acids is 1. The molecular weight excluding hydrogens is 225 g/mol. The second-order valence-electron chi connectivity index (χ2n) is 3.04. The van der Waals surface area contributed by atoms with Crippen molar-refractivity contribution in [1.29, 1.82) is 0 Å². The van der Waals surface area contributed by atoms with Crippen LogP contribution < -0.4 is 4.74 Å². The largest absolute Gasteiger partial charge is 0.491 e. The van der Waals surface area contributed by atoms with E-state index < -0.39 is 46.7 Å². The van der Waals surface area contributed by atoms with Crippen LogP contribution in [-0.4, -0.2) is 18.0 Å². The maximum atomic E-state index is 13.5. The molecule has 0 aliphatic carbocycles. The fourth-order valence-corrected chi connectivity index (χ4v) is 1.38. The summed E-state index contributed by atoms with van der Waals surface area (Å²) >= 11 is 0. The first-order chi connectivity index (χ1) is 7.45. The average Bonchev–Trinajstić information content (AvgIpc) is 2.23. The van der Waals surface area contributed by atoms with E-state index in [-0.39, 0.29) is 0 Å². The maximum Gasteiger partial charge on any atom is 0.204 e. The summed E-state index contributed by atoms with van der Waals surface area (Å²) in [6.45, 7) is 0.00688. The SMILES string of the molecule is COc1c(F)c(F)c(CO)c(C(C)=O)c1F. The van der Waals surface area contributed by atoms with Crippen LogP contribution in [0.25, 0.3) is 0 Å². The van der Waals surface area contributed by atoms with Crippen molar-refractivity contribution in [3.05, 3.63) is 28.6 Å². The average molecular weight is 234 g/mol. The first-order valence-electron chi connectivity index (χ1n) is 4.30. The Morgan fingerprint density at radius 3 is 2.19 bits per heavy atom. The van der Waals surface area contributed by atoms with E-state index in [2.05, 4.69) is 4.74 Å². The molecule has 0 unspecified atom stereocenters. The van der Waals surface area contributed by atoms with E-state index in [1.54, 1.807) is 0 Å². The summed E-state index contributed by atoms with van der Waals surface area (Å²) in [4.78, 5) is 11.1. The van der Waals surface area contributed by atoms with Gasteiger partial charge in [0.2, 0.25) is 5.82 Å². The standard InChI is InChI=1S/C10H9F3O3/c1-4(15)6-5(3-14)7(11)9(13)10(16-2)8(6)12/h14H,3H2,1-2H3. The zero-order valence-corrected chi connectivity index (χ0v) is 8.60. The van der Waals surface area contributed by atoms with Gasteiger partial charge < -0.3 is 9.84 Å². The fraction of sp³-hybridized carbons (Fsp3) is 0.300. The number of Topliss-reactive ketones (excluding diaryl/α,β-unsaturated/α-hetero) is 1. The van der Waals surface area contributed by atoms with E-state index in [0.717, 1.165) is 14.0 Å². The summed E-state index contributed by atoms with van der Waals surface area (Å²) in [6, 6.07) is 0. The third-order valence-corrected chi connectivity index (χ3v) is 2.09. The Bertz CT molecular complexity index is 444. The smallest absolute Gasteiger partial charge is 0.204 e. The summed E-state index contributed by atoms with van der Waals surface area (Å²) in [5, 5.41) is 8.79. The highest BCUT2D eigenvalue weighted by Gasteiger charge is 2.27. The normalized spacial score (nSPS) is 10.4. The fourth-order valence-electron chi connectivity index (χ4n) is 1.38. The quantitative estimate of drug-likeness (QED) is 0.640. The minimum absolute atomic E-state index is 0.696. The molecule has 1 aromatic carbocycles. The molecule has 0 aliphatic heterocycles. The molecule has 0 aliphatic rings. The van der Waals surface area contributed by atoms with Crippen LogP contribution in [0.2, 0.25) is 0 Å². The second-order valence-corrected chi connectivity index (χ2v) is 3.04. The lowest BCUT2D eigenvalue weighted by Crippen LogP contribution is -2.11. The molecule has 0 atom stereocenters. The molecule has 88 valence electrons. The zero-order valence-electron chi connectivity index (χ0n) is 8.60. The molecule has 0 radical (unpaired) electrons. The van der Waals surface area contributed by atoms with E-state index in [9.17, 15) is 18.0 Å². The van der Waals surface area contributed by atoms with Crippen molar-refractivity contribution in [2.24, 2.45) is 0 Å². The van der Waals surface area contributed by atoms with E-state index in [4.69, 9.17) is 5.11 Å². The summed E-state index contributed by atoms with van der Waals surface area (Å²) in [5.74, 6) is -6.14. The Labute approximate surface area is 89.5 Å². The summed E-state index contributed by atoms with van der Waals surface area (Å²) in [6.07, 6.45) is 0. The van der Waals surface area contributed by atoms with Gasteiger partial charge in [0.1, 0.15) is 0 Å². The highest BCUT2D eigenvalue weighted by Crippen LogP contribution is 2.31. The van der Waals surface area contributed by atoms with E-state index in [0.29, 0.717) is 0 Å². The molecule has 0 spiro atoms. The van der Waals surface area contributed by atoms with Crippen molar-refractivity contribution >= 4 is 5.78 Å². The van der Waals surface area contributed by atoms with Gasteiger partial charge in [-0.2, -0.15) is 4.39 Å². The third kappa shape index (κ3) is 1.76. The van der Waals surface area contributed by atoms with Gasteiger partial charge in [-0.1, -0.05) is 0 Å². The lowest BCUT2D eigenvalue weighted by atomic mass is 10.0. The molecule has 1 aromatic rings. The highest BCUT2D eigenvalue weighted by atomic mass is 19.2. The number of rotatable bonds is 3. The van der Waals surface area contributed by atoms with Gasteiger partial charge in [0.25, 0.3) is 0 Å². The monoisotopic (exact) mass is 234 g/mol. The molecule has 0 saturated heterocycles. The van der Waals surface area contributed by atoms with E-state index >= 15 is 0 Å². The Hall–Kier alpha value is -1.56. The second kappa shape index (κ2) is 4.52. The number of methoxy groups -OCH3 is 1. The number of hydrogen-bond donors (Lipinski definition) is 1. The lowest BCUT2D eigenvalue weighted by molar-refractivity contribution is 0.100. The molecule has 1 rings (SSSR count). The minimum atomic E-state index is -1.56. The molecule has 0 heterocycles. The van der Waals surface area contributed by atoms with Crippen LogP contribution in [0.5, 0.6) is 5.75 Å². The summed E-state index contributed by atoms with van der Waals surface area (Å²) < 4.78 is 44.4. The van der Waals surface area contributed by atoms with Crippen LogP contribution in [0.4, 0.5) is 13.2 Å². The molecule has 0 amide bonds. The first-order valence-corrected chi connectivity index (χ1v) is 4.30. The van der Waals surface area contributed by atoms with Crippen LogP contribution >= 0.6 is 0 Å². The van der Waals surface area contributed by atoms with E-state index in [1.165, 1.54) is 0 Å². The molecule has 0 bridgehead atoms. The Morgan fingerprint density at radius 2 is 1.81 bits per heavy atom. The number of ether oxygens (including phenoxy) is 1. The number of hydrogen-bond acceptors (Lipinski definition) is 3. The van der Waals surface area contributed by atoms with Crippen LogP contribution in [-0.2, 0) is 6.61 Å². The van der Waals surface area contributed by atoms with Crippen molar-refractivity contribution < 1.29 is 27.8 Å². The van der Waals surface area contributed by atoms with Crippen molar-refractivity contribution in [2.75, 3.05) is 7.11 Å². The number of halogens is 3. The van der Waals surface area contributed by atoms with E-state index in [1.807, 2.05) is 0 Å². The van der Waals surface area contributed by atoms with Crippen LogP contribution in [0, 0.1) is 17.5 Å². The Kier molecular flexibility index (Phi) is 3.54. The first kappa shape index (κ1) is 12.5. The Morgan fingerprint density at radius 1 is 1.25 bits per heavy atom. The third-order valence-electron chi connectivity index (χ3n) is 2.09. The van der Waals surface area contributed by atoms with Crippen molar-refractivity contribution in [3.8, 4) is 5.75 Å². The number of aliphatic hydroxyl groups is 1. The van der Waals surface area contributed by atoms with Crippen molar-refractivity contribution in [2.45, 2.75) is 13.5 Å². The number of ketones is 1. The van der Waals surface area contributed by atoms with Crippen LogP contribution in [0.1, 0.15) is 22.8 Å². The van der Waals surface area contributed by atoms with Gasteiger partial charge in [-0.05, 0) is 6.92 Å². The minimum Gasteiger partial charge on any atom is -0.491 e. The molecular formula is C10H9F3O3. The van der Waals surface area contributed by atoms with Crippen LogP contribution in [0.15, 0.2) is 0 Å². The van der Waals surface area contributed by atoms with Crippen LogP contribution in [0.3, 0.4) is 0 Å². The number of aliphatic hydroxyl groups excluding tert-OH is 1. The zero-order chi connectivity index (χ0) is 12.5.